The average Bonchev–Trinajstić information content (AvgIpc) is 2.37. The summed E-state index contributed by atoms with van der Waals surface area (Å²) in [6, 6.07) is 0. The lowest BCUT2D eigenvalue weighted by Crippen LogP contribution is -2.12. The third-order valence-electron chi connectivity index (χ3n) is 3.49. The van der Waals surface area contributed by atoms with Crippen LogP contribution in [0.3, 0.4) is 0 Å². The lowest BCUT2D eigenvalue weighted by Gasteiger charge is -2.13. The third kappa shape index (κ3) is 14.1. The molecule has 1 atom stereocenters. The molecule has 0 aromatic carbocycles. The van der Waals surface area contributed by atoms with Crippen LogP contribution in [0.15, 0.2) is 0 Å². The zero-order valence-electron chi connectivity index (χ0n) is 12.7. The van der Waals surface area contributed by atoms with Gasteiger partial charge in [-0.05, 0) is 12.8 Å². The first-order chi connectivity index (χ1) is 9.20. The molecule has 0 aliphatic heterocycles. The molecule has 0 radical (unpaired) electrons. The van der Waals surface area contributed by atoms with Crippen LogP contribution in [0.25, 0.3) is 0 Å². The molecule has 0 heterocycles. The Bertz CT molecular complexity index is 244. The molecule has 0 amide bonds. The van der Waals surface area contributed by atoms with Crippen molar-refractivity contribution in [1.82, 2.24) is 0 Å². The van der Waals surface area contributed by atoms with Gasteiger partial charge in [-0.3, -0.25) is 4.18 Å². The fourth-order valence-corrected chi connectivity index (χ4v) is 2.78. The predicted octanol–water partition coefficient (Wildman–Crippen LogP) is 4.62. The van der Waals surface area contributed by atoms with E-state index in [-0.39, 0.29) is 6.10 Å². The highest BCUT2D eigenvalue weighted by Gasteiger charge is 2.10. The topological polar surface area (TPSA) is 43.4 Å². The van der Waals surface area contributed by atoms with Crippen LogP contribution in [-0.2, 0) is 15.2 Å². The molecule has 0 rings (SSSR count). The van der Waals surface area contributed by atoms with Crippen LogP contribution < -0.4 is 0 Å². The molecule has 0 aromatic heterocycles. The summed E-state index contributed by atoms with van der Waals surface area (Å²) in [7, 11) is -2.69. The van der Waals surface area contributed by atoms with Gasteiger partial charge in [0.2, 0.25) is 0 Å². The maximum atomic E-state index is 10.7. The molecule has 116 valence electrons. The van der Waals surface area contributed by atoms with Crippen molar-refractivity contribution in [2.75, 3.05) is 0 Å². The van der Waals surface area contributed by atoms with E-state index in [0.717, 1.165) is 25.7 Å². The molecule has 4 heteroatoms. The molecule has 0 spiro atoms. The van der Waals surface area contributed by atoms with E-state index in [1.165, 1.54) is 51.4 Å². The minimum Gasteiger partial charge on any atom is -0.269 e. The van der Waals surface area contributed by atoms with E-state index in [9.17, 15) is 8.42 Å². The summed E-state index contributed by atoms with van der Waals surface area (Å²) in [5.74, 6) is 0. The van der Waals surface area contributed by atoms with Gasteiger partial charge in [0.1, 0.15) is 0 Å². The summed E-state index contributed by atoms with van der Waals surface area (Å²) in [6.07, 6.45) is 13.8. The molecular formula is C15H32O3S. The largest absolute Gasteiger partial charge is 0.269 e. The number of hydrogen-bond donors (Lipinski definition) is 1. The van der Waals surface area contributed by atoms with Crippen LogP contribution in [0.4, 0.5) is 0 Å². The average molecular weight is 292 g/mol. The van der Waals surface area contributed by atoms with Gasteiger partial charge in [0, 0.05) is 0 Å². The van der Waals surface area contributed by atoms with E-state index in [2.05, 4.69) is 13.8 Å². The van der Waals surface area contributed by atoms with Gasteiger partial charge < -0.3 is 0 Å². The van der Waals surface area contributed by atoms with E-state index in [4.69, 9.17) is 4.18 Å². The first-order valence-electron chi connectivity index (χ1n) is 8.01. The minimum atomic E-state index is -2.69. The van der Waals surface area contributed by atoms with Crippen LogP contribution in [-0.4, -0.2) is 14.5 Å². The van der Waals surface area contributed by atoms with E-state index in [1.54, 1.807) is 0 Å². The summed E-state index contributed by atoms with van der Waals surface area (Å²) in [6.45, 7) is 4.39. The Morgan fingerprint density at radius 1 is 0.737 bits per heavy atom. The molecule has 0 saturated heterocycles. The van der Waals surface area contributed by atoms with Crippen molar-refractivity contribution in [3.8, 4) is 0 Å². The van der Waals surface area contributed by atoms with Gasteiger partial charge in [0.05, 0.1) is 6.10 Å². The highest BCUT2D eigenvalue weighted by atomic mass is 32.2. The van der Waals surface area contributed by atoms with Gasteiger partial charge in [0.15, 0.2) is 0 Å². The van der Waals surface area contributed by atoms with Crippen LogP contribution in [0.2, 0.25) is 0 Å². The summed E-state index contributed by atoms with van der Waals surface area (Å²) >= 11 is 0. The molecule has 0 fully saturated rings. The standard InChI is InChI=1S/C15H32O3S/c1-3-5-7-9-10-12-14-15(18-19(16)17)13-11-8-6-4-2/h15,19H,3-14H2,1-2H3. The summed E-state index contributed by atoms with van der Waals surface area (Å²) < 4.78 is 26.4. The quantitative estimate of drug-likeness (QED) is 0.375. The maximum absolute atomic E-state index is 10.7. The second kappa shape index (κ2) is 14.3. The smallest absolute Gasteiger partial charge is 0.257 e. The summed E-state index contributed by atoms with van der Waals surface area (Å²) in [4.78, 5) is 0. The molecule has 0 bridgehead atoms. The Labute approximate surface area is 121 Å². The number of thiol groups is 1. The molecule has 19 heavy (non-hydrogen) atoms. The predicted molar refractivity (Wildman–Crippen MR) is 81.9 cm³/mol. The normalized spacial score (nSPS) is 13.0. The lowest BCUT2D eigenvalue weighted by atomic mass is 10.0. The highest BCUT2D eigenvalue weighted by molar-refractivity contribution is 7.67. The van der Waals surface area contributed by atoms with E-state index < -0.39 is 11.0 Å². The van der Waals surface area contributed by atoms with Crippen LogP contribution in [0.1, 0.15) is 90.9 Å². The van der Waals surface area contributed by atoms with Crippen LogP contribution in [0.5, 0.6) is 0 Å². The first-order valence-corrected chi connectivity index (χ1v) is 9.11. The number of hydrogen-bond acceptors (Lipinski definition) is 3. The second-order valence-corrected chi connectivity index (χ2v) is 6.01. The number of rotatable bonds is 14. The Morgan fingerprint density at radius 3 is 1.63 bits per heavy atom. The third-order valence-corrected chi connectivity index (χ3v) is 3.96. The van der Waals surface area contributed by atoms with Crippen molar-refractivity contribution in [1.29, 1.82) is 0 Å². The maximum Gasteiger partial charge on any atom is 0.257 e. The Balaban J connectivity index is 3.67. The Hall–Kier alpha value is -0.0900. The van der Waals surface area contributed by atoms with E-state index >= 15 is 0 Å². The molecule has 0 N–H and O–H groups in total. The van der Waals surface area contributed by atoms with Crippen molar-refractivity contribution in [2.24, 2.45) is 0 Å². The van der Waals surface area contributed by atoms with Crippen LogP contribution in [0, 0.1) is 0 Å². The minimum absolute atomic E-state index is 0.0795. The fourth-order valence-electron chi connectivity index (χ4n) is 2.32. The molecule has 0 aromatic rings. The van der Waals surface area contributed by atoms with Crippen molar-refractivity contribution in [3.05, 3.63) is 0 Å². The first kappa shape index (κ1) is 18.9. The molecule has 3 nitrogen and oxygen atoms in total. The van der Waals surface area contributed by atoms with Gasteiger partial charge in [-0.1, -0.05) is 78.1 Å². The zero-order valence-corrected chi connectivity index (χ0v) is 13.6. The molecule has 1 unspecified atom stereocenters. The van der Waals surface area contributed by atoms with Gasteiger partial charge in [0.25, 0.3) is 11.0 Å². The van der Waals surface area contributed by atoms with Gasteiger partial charge in [-0.2, -0.15) is 0 Å². The van der Waals surface area contributed by atoms with Crippen molar-refractivity contribution in [3.63, 3.8) is 0 Å². The van der Waals surface area contributed by atoms with Gasteiger partial charge >= 0.3 is 0 Å². The summed E-state index contributed by atoms with van der Waals surface area (Å²) in [5, 5.41) is 0. The van der Waals surface area contributed by atoms with Gasteiger partial charge in [-0.15, -0.1) is 0 Å². The molecule has 0 aliphatic rings. The van der Waals surface area contributed by atoms with Crippen molar-refractivity contribution in [2.45, 2.75) is 97.0 Å². The van der Waals surface area contributed by atoms with Crippen molar-refractivity contribution >= 4 is 11.0 Å². The molecule has 0 aliphatic carbocycles. The van der Waals surface area contributed by atoms with Gasteiger partial charge in [-0.25, -0.2) is 8.42 Å². The fraction of sp³-hybridized carbons (Fsp3) is 1.00. The van der Waals surface area contributed by atoms with Crippen LogP contribution >= 0.6 is 0 Å². The number of unbranched alkanes of at least 4 members (excludes halogenated alkanes) is 8. The van der Waals surface area contributed by atoms with Crippen molar-refractivity contribution < 1.29 is 12.6 Å². The monoisotopic (exact) mass is 292 g/mol. The Kier molecular flexibility index (Phi) is 14.3. The molecule has 0 saturated carbocycles. The zero-order chi connectivity index (χ0) is 14.3. The van der Waals surface area contributed by atoms with E-state index in [1.807, 2.05) is 0 Å². The summed E-state index contributed by atoms with van der Waals surface area (Å²) in [5.41, 5.74) is 0. The SMILES string of the molecule is CCCCCCCCC(CCCCCC)O[SH](=O)=O. The second-order valence-electron chi connectivity index (χ2n) is 5.36. The lowest BCUT2D eigenvalue weighted by molar-refractivity contribution is 0.188. The molecular weight excluding hydrogens is 260 g/mol. The highest BCUT2D eigenvalue weighted by Crippen LogP contribution is 2.16. The van der Waals surface area contributed by atoms with E-state index in [0.29, 0.717) is 0 Å². The Morgan fingerprint density at radius 2 is 1.16 bits per heavy atom.